The molecule has 0 amide bonds. The SMILES string of the molecule is C[C@@H](NCc1ccccc1N1CCCC1)c1cccnc1. The number of benzene rings is 1. The predicted octanol–water partition coefficient (Wildman–Crippen LogP) is 3.53. The summed E-state index contributed by atoms with van der Waals surface area (Å²) < 4.78 is 0. The van der Waals surface area contributed by atoms with Gasteiger partial charge in [-0.1, -0.05) is 24.3 Å². The van der Waals surface area contributed by atoms with Crippen molar-refractivity contribution in [1.82, 2.24) is 10.3 Å². The largest absolute Gasteiger partial charge is 0.371 e. The van der Waals surface area contributed by atoms with E-state index in [9.17, 15) is 0 Å². The van der Waals surface area contributed by atoms with Crippen molar-refractivity contribution >= 4 is 5.69 Å². The molecule has 0 unspecified atom stereocenters. The van der Waals surface area contributed by atoms with Crippen molar-refractivity contribution in [2.75, 3.05) is 18.0 Å². The molecule has 2 heterocycles. The molecule has 1 N–H and O–H groups in total. The molecule has 21 heavy (non-hydrogen) atoms. The third kappa shape index (κ3) is 3.42. The topological polar surface area (TPSA) is 28.2 Å². The Bertz CT molecular complexity index is 562. The van der Waals surface area contributed by atoms with Gasteiger partial charge >= 0.3 is 0 Å². The van der Waals surface area contributed by atoms with E-state index in [2.05, 4.69) is 52.5 Å². The van der Waals surface area contributed by atoms with Gasteiger partial charge in [-0.2, -0.15) is 0 Å². The Balaban J connectivity index is 1.68. The molecular formula is C18H23N3. The number of rotatable bonds is 5. The van der Waals surface area contributed by atoms with E-state index < -0.39 is 0 Å². The highest BCUT2D eigenvalue weighted by Gasteiger charge is 2.15. The van der Waals surface area contributed by atoms with Crippen LogP contribution in [0.1, 0.15) is 36.9 Å². The van der Waals surface area contributed by atoms with Gasteiger partial charge in [-0.25, -0.2) is 0 Å². The van der Waals surface area contributed by atoms with Gasteiger partial charge in [0, 0.05) is 43.8 Å². The number of anilines is 1. The maximum Gasteiger partial charge on any atom is 0.0411 e. The minimum absolute atomic E-state index is 0.310. The number of aromatic nitrogens is 1. The van der Waals surface area contributed by atoms with Crippen molar-refractivity contribution in [3.8, 4) is 0 Å². The second-order valence-electron chi connectivity index (χ2n) is 5.71. The van der Waals surface area contributed by atoms with E-state index in [1.807, 2.05) is 18.5 Å². The zero-order chi connectivity index (χ0) is 14.5. The van der Waals surface area contributed by atoms with Crippen LogP contribution in [0.15, 0.2) is 48.8 Å². The lowest BCUT2D eigenvalue weighted by Gasteiger charge is -2.22. The monoisotopic (exact) mass is 281 g/mol. The van der Waals surface area contributed by atoms with Gasteiger partial charge in [0.2, 0.25) is 0 Å². The van der Waals surface area contributed by atoms with Crippen LogP contribution >= 0.6 is 0 Å². The summed E-state index contributed by atoms with van der Waals surface area (Å²) in [4.78, 5) is 6.70. The van der Waals surface area contributed by atoms with Gasteiger partial charge in [-0.05, 0) is 43.0 Å². The highest BCUT2D eigenvalue weighted by Crippen LogP contribution is 2.25. The number of hydrogen-bond donors (Lipinski definition) is 1. The van der Waals surface area contributed by atoms with Gasteiger partial charge in [-0.15, -0.1) is 0 Å². The number of para-hydroxylation sites is 1. The Kier molecular flexibility index (Phi) is 4.51. The average Bonchev–Trinajstić information content (AvgIpc) is 3.08. The summed E-state index contributed by atoms with van der Waals surface area (Å²) in [5, 5.41) is 3.61. The summed E-state index contributed by atoms with van der Waals surface area (Å²) in [6, 6.07) is 13.2. The zero-order valence-corrected chi connectivity index (χ0v) is 12.6. The number of nitrogens with zero attached hydrogens (tertiary/aromatic N) is 2. The van der Waals surface area contributed by atoms with Crippen molar-refractivity contribution in [2.45, 2.75) is 32.4 Å². The molecule has 0 saturated carbocycles. The van der Waals surface area contributed by atoms with E-state index >= 15 is 0 Å². The van der Waals surface area contributed by atoms with Crippen LogP contribution in [-0.2, 0) is 6.54 Å². The number of pyridine rings is 1. The van der Waals surface area contributed by atoms with Crippen LogP contribution in [0.5, 0.6) is 0 Å². The molecule has 3 nitrogen and oxygen atoms in total. The Morgan fingerprint density at radius 3 is 2.71 bits per heavy atom. The standard InChI is InChI=1S/C18H23N3/c1-15(16-8-6-10-19-13-16)20-14-17-7-2-3-9-18(17)21-11-4-5-12-21/h2-3,6-10,13,15,20H,4-5,11-12,14H2,1H3/t15-/m1/s1. The van der Waals surface area contributed by atoms with Crippen LogP contribution in [0.25, 0.3) is 0 Å². The summed E-state index contributed by atoms with van der Waals surface area (Å²) in [5.74, 6) is 0. The Morgan fingerprint density at radius 1 is 1.14 bits per heavy atom. The molecule has 2 aromatic rings. The van der Waals surface area contributed by atoms with E-state index in [1.54, 1.807) is 0 Å². The van der Waals surface area contributed by atoms with Crippen LogP contribution in [0.2, 0.25) is 0 Å². The molecule has 1 aliphatic heterocycles. The summed E-state index contributed by atoms with van der Waals surface area (Å²) in [7, 11) is 0. The molecule has 3 rings (SSSR count). The maximum atomic E-state index is 4.19. The smallest absolute Gasteiger partial charge is 0.0411 e. The van der Waals surface area contributed by atoms with Crippen molar-refractivity contribution in [3.63, 3.8) is 0 Å². The van der Waals surface area contributed by atoms with Crippen LogP contribution in [-0.4, -0.2) is 18.1 Å². The van der Waals surface area contributed by atoms with Gasteiger partial charge in [0.25, 0.3) is 0 Å². The molecule has 110 valence electrons. The number of nitrogens with one attached hydrogen (secondary N) is 1. The fourth-order valence-corrected chi connectivity index (χ4v) is 2.94. The van der Waals surface area contributed by atoms with Gasteiger partial charge < -0.3 is 10.2 Å². The fourth-order valence-electron chi connectivity index (χ4n) is 2.94. The molecular weight excluding hydrogens is 258 g/mol. The average molecular weight is 281 g/mol. The molecule has 1 atom stereocenters. The molecule has 0 aliphatic carbocycles. The van der Waals surface area contributed by atoms with E-state index in [4.69, 9.17) is 0 Å². The first kappa shape index (κ1) is 14.1. The molecule has 1 aliphatic rings. The molecule has 0 radical (unpaired) electrons. The van der Waals surface area contributed by atoms with E-state index in [1.165, 1.54) is 42.7 Å². The maximum absolute atomic E-state index is 4.19. The van der Waals surface area contributed by atoms with E-state index in [-0.39, 0.29) is 0 Å². The van der Waals surface area contributed by atoms with Crippen LogP contribution in [0.3, 0.4) is 0 Å². The Morgan fingerprint density at radius 2 is 1.95 bits per heavy atom. The fraction of sp³-hybridized carbons (Fsp3) is 0.389. The van der Waals surface area contributed by atoms with Crippen molar-refractivity contribution in [3.05, 3.63) is 59.9 Å². The summed E-state index contributed by atoms with van der Waals surface area (Å²) in [6.07, 6.45) is 6.38. The van der Waals surface area contributed by atoms with Crippen LogP contribution < -0.4 is 10.2 Å². The van der Waals surface area contributed by atoms with Gasteiger partial charge in [0.15, 0.2) is 0 Å². The molecule has 3 heteroatoms. The molecule has 1 aromatic heterocycles. The third-order valence-corrected chi connectivity index (χ3v) is 4.22. The molecule has 0 bridgehead atoms. The third-order valence-electron chi connectivity index (χ3n) is 4.22. The molecule has 1 aromatic carbocycles. The van der Waals surface area contributed by atoms with Gasteiger partial charge in [0.05, 0.1) is 0 Å². The first-order valence-corrected chi connectivity index (χ1v) is 7.81. The van der Waals surface area contributed by atoms with Crippen molar-refractivity contribution < 1.29 is 0 Å². The molecule has 1 saturated heterocycles. The lowest BCUT2D eigenvalue weighted by Crippen LogP contribution is -2.23. The lowest BCUT2D eigenvalue weighted by molar-refractivity contribution is 0.572. The highest BCUT2D eigenvalue weighted by molar-refractivity contribution is 5.54. The molecule has 1 fully saturated rings. The Hall–Kier alpha value is -1.87. The van der Waals surface area contributed by atoms with E-state index in [0.717, 1.165) is 6.54 Å². The highest BCUT2D eigenvalue weighted by atomic mass is 15.1. The first-order chi connectivity index (χ1) is 10.3. The van der Waals surface area contributed by atoms with Crippen LogP contribution in [0, 0.1) is 0 Å². The quantitative estimate of drug-likeness (QED) is 0.908. The second kappa shape index (κ2) is 6.72. The van der Waals surface area contributed by atoms with Crippen molar-refractivity contribution in [1.29, 1.82) is 0 Å². The van der Waals surface area contributed by atoms with Crippen LogP contribution in [0.4, 0.5) is 5.69 Å². The van der Waals surface area contributed by atoms with E-state index in [0.29, 0.717) is 6.04 Å². The summed E-state index contributed by atoms with van der Waals surface area (Å²) >= 11 is 0. The Labute approximate surface area is 127 Å². The van der Waals surface area contributed by atoms with Crippen molar-refractivity contribution in [2.24, 2.45) is 0 Å². The van der Waals surface area contributed by atoms with Gasteiger partial charge in [-0.3, -0.25) is 4.98 Å². The zero-order valence-electron chi connectivity index (χ0n) is 12.6. The van der Waals surface area contributed by atoms with Gasteiger partial charge in [0.1, 0.15) is 0 Å². The minimum atomic E-state index is 0.310. The second-order valence-corrected chi connectivity index (χ2v) is 5.71. The minimum Gasteiger partial charge on any atom is -0.371 e. The first-order valence-electron chi connectivity index (χ1n) is 7.81. The summed E-state index contributed by atoms with van der Waals surface area (Å²) in [6.45, 7) is 5.46. The predicted molar refractivity (Wildman–Crippen MR) is 87.4 cm³/mol. The molecule has 0 spiro atoms. The normalized spacial score (nSPS) is 16.1. The lowest BCUT2D eigenvalue weighted by atomic mass is 10.1. The number of hydrogen-bond acceptors (Lipinski definition) is 3. The summed E-state index contributed by atoms with van der Waals surface area (Å²) in [5.41, 5.74) is 4.01.